The predicted molar refractivity (Wildman–Crippen MR) is 54.9 cm³/mol. The molecule has 0 saturated carbocycles. The lowest BCUT2D eigenvalue weighted by Crippen LogP contribution is -2.23. The summed E-state index contributed by atoms with van der Waals surface area (Å²) in [6, 6.07) is 0.0972. The van der Waals surface area contributed by atoms with E-state index in [-0.39, 0.29) is 6.04 Å². The highest BCUT2D eigenvalue weighted by Gasteiger charge is 2.05. The minimum Gasteiger partial charge on any atom is -0.324 e. The molecule has 0 rings (SSSR count). The van der Waals surface area contributed by atoms with Gasteiger partial charge in [-0.15, -0.1) is 0 Å². The minimum absolute atomic E-state index is 0.0972. The highest BCUT2D eigenvalue weighted by molar-refractivity contribution is 7.98. The number of rotatable bonds is 5. The van der Waals surface area contributed by atoms with Crippen LogP contribution in [0.4, 0.5) is 0 Å². The Labute approximate surface area is 73.7 Å². The summed E-state index contributed by atoms with van der Waals surface area (Å²) in [7, 11) is 0. The van der Waals surface area contributed by atoms with Crippen LogP contribution in [-0.2, 0) is 0 Å². The van der Waals surface area contributed by atoms with Gasteiger partial charge in [0.25, 0.3) is 0 Å². The molecule has 0 fully saturated rings. The molecule has 0 heterocycles. The maximum Gasteiger partial charge on any atom is 0.0299 e. The predicted octanol–water partition coefficient (Wildman–Crippen LogP) is 2.20. The molecule has 0 aromatic heterocycles. The van der Waals surface area contributed by atoms with Gasteiger partial charge in [0.05, 0.1) is 0 Å². The van der Waals surface area contributed by atoms with Gasteiger partial charge in [-0.3, -0.25) is 0 Å². The third-order valence-corrected chi connectivity index (χ3v) is 2.27. The Morgan fingerprint density at radius 2 is 2.09 bits per heavy atom. The molecule has 64 valence electrons. The van der Waals surface area contributed by atoms with Crippen molar-refractivity contribution in [1.82, 2.24) is 0 Å². The minimum atomic E-state index is 0.0972. The summed E-state index contributed by atoms with van der Waals surface area (Å²) in [5.41, 5.74) is 7.81. The smallest absolute Gasteiger partial charge is 0.0299 e. The van der Waals surface area contributed by atoms with Gasteiger partial charge in [-0.05, 0) is 30.9 Å². The first-order valence-electron chi connectivity index (χ1n) is 3.68. The van der Waals surface area contributed by atoms with Gasteiger partial charge in [0, 0.05) is 6.04 Å². The number of hydrogen-bond donors (Lipinski definition) is 1. The highest BCUT2D eigenvalue weighted by Crippen LogP contribution is 2.11. The molecule has 0 spiro atoms. The molecule has 0 aliphatic rings. The van der Waals surface area contributed by atoms with Crippen LogP contribution in [0.5, 0.6) is 0 Å². The van der Waals surface area contributed by atoms with E-state index in [0.717, 1.165) is 23.3 Å². The Kier molecular flexibility index (Phi) is 5.34. The van der Waals surface area contributed by atoms with Crippen LogP contribution in [0.2, 0.25) is 0 Å². The third-order valence-electron chi connectivity index (χ3n) is 1.63. The van der Waals surface area contributed by atoms with Gasteiger partial charge in [-0.1, -0.05) is 18.7 Å². The van der Waals surface area contributed by atoms with Crippen LogP contribution < -0.4 is 5.73 Å². The molecule has 0 saturated heterocycles. The van der Waals surface area contributed by atoms with Crippen LogP contribution in [0.3, 0.4) is 0 Å². The zero-order valence-electron chi connectivity index (χ0n) is 7.39. The monoisotopic (exact) mass is 171 g/mol. The highest BCUT2D eigenvalue weighted by atomic mass is 32.2. The summed E-state index contributed by atoms with van der Waals surface area (Å²) in [4.78, 5) is 0. The zero-order valence-corrected chi connectivity index (χ0v) is 8.21. The third kappa shape index (κ3) is 4.27. The van der Waals surface area contributed by atoms with Crippen LogP contribution in [0.25, 0.3) is 0 Å². The zero-order chi connectivity index (χ0) is 8.85. The second-order valence-electron chi connectivity index (χ2n) is 2.69. The molecular formula is C9H17NS. The molecule has 0 aliphatic heterocycles. The molecule has 11 heavy (non-hydrogen) atoms. The number of nitrogens with two attached hydrogens (primary N) is 1. The summed E-state index contributed by atoms with van der Waals surface area (Å²) in [6.45, 7) is 9.62. The van der Waals surface area contributed by atoms with Crippen molar-refractivity contribution in [3.8, 4) is 0 Å². The first kappa shape index (κ1) is 10.8. The van der Waals surface area contributed by atoms with Crippen molar-refractivity contribution in [1.29, 1.82) is 0 Å². The van der Waals surface area contributed by atoms with E-state index in [2.05, 4.69) is 19.4 Å². The van der Waals surface area contributed by atoms with Gasteiger partial charge in [0.1, 0.15) is 0 Å². The lowest BCUT2D eigenvalue weighted by Gasteiger charge is -2.13. The van der Waals surface area contributed by atoms with E-state index < -0.39 is 0 Å². The molecule has 0 aliphatic carbocycles. The summed E-state index contributed by atoms with van der Waals surface area (Å²) in [6.07, 6.45) is 3.07. The fourth-order valence-corrected chi connectivity index (χ4v) is 1.23. The standard InChI is InChI=1S/C9H17NS/c1-7(2)8(3)9(10)5-6-11-4/h9H,1,3,5-6,10H2,2,4H3/t9-/m0/s1. The molecule has 1 atom stereocenters. The molecule has 0 radical (unpaired) electrons. The van der Waals surface area contributed by atoms with Crippen LogP contribution in [0, 0.1) is 0 Å². The van der Waals surface area contributed by atoms with Crippen molar-refractivity contribution in [2.75, 3.05) is 12.0 Å². The summed E-state index contributed by atoms with van der Waals surface area (Å²) in [5, 5.41) is 0. The molecular weight excluding hydrogens is 154 g/mol. The second-order valence-corrected chi connectivity index (χ2v) is 3.68. The van der Waals surface area contributed by atoms with Crippen LogP contribution in [0.15, 0.2) is 24.3 Å². The molecule has 2 heteroatoms. The first-order chi connectivity index (χ1) is 5.09. The fourth-order valence-electron chi connectivity index (χ4n) is 0.736. The van der Waals surface area contributed by atoms with Gasteiger partial charge in [0.2, 0.25) is 0 Å². The molecule has 0 amide bonds. The quantitative estimate of drug-likeness (QED) is 0.642. The first-order valence-corrected chi connectivity index (χ1v) is 5.08. The van der Waals surface area contributed by atoms with Crippen molar-refractivity contribution in [3.63, 3.8) is 0 Å². The molecule has 0 unspecified atom stereocenters. The van der Waals surface area contributed by atoms with Gasteiger partial charge in [-0.2, -0.15) is 11.8 Å². The lowest BCUT2D eigenvalue weighted by atomic mass is 10.0. The Bertz CT molecular complexity index is 152. The van der Waals surface area contributed by atoms with Crippen LogP contribution in [0.1, 0.15) is 13.3 Å². The average Bonchev–Trinajstić information content (AvgIpc) is 1.98. The van der Waals surface area contributed by atoms with E-state index in [1.54, 1.807) is 0 Å². The van der Waals surface area contributed by atoms with E-state index >= 15 is 0 Å². The van der Waals surface area contributed by atoms with Crippen molar-refractivity contribution >= 4 is 11.8 Å². The van der Waals surface area contributed by atoms with Crippen LogP contribution in [-0.4, -0.2) is 18.1 Å². The Balaban J connectivity index is 3.73. The maximum atomic E-state index is 5.83. The van der Waals surface area contributed by atoms with Crippen molar-refractivity contribution < 1.29 is 0 Å². The molecule has 0 aromatic carbocycles. The molecule has 2 N–H and O–H groups in total. The second kappa shape index (κ2) is 5.44. The summed E-state index contributed by atoms with van der Waals surface area (Å²) in [5.74, 6) is 1.09. The average molecular weight is 171 g/mol. The molecule has 0 aromatic rings. The SMILES string of the molecule is C=C(C)C(=C)[C@@H](N)CCSC. The molecule has 0 bridgehead atoms. The van der Waals surface area contributed by atoms with Crippen LogP contribution >= 0.6 is 11.8 Å². The van der Waals surface area contributed by atoms with Crippen molar-refractivity contribution in [2.45, 2.75) is 19.4 Å². The Morgan fingerprint density at radius 1 is 1.55 bits per heavy atom. The molecule has 1 nitrogen and oxygen atoms in total. The Morgan fingerprint density at radius 3 is 2.45 bits per heavy atom. The fraction of sp³-hybridized carbons (Fsp3) is 0.556. The van der Waals surface area contributed by atoms with E-state index in [1.807, 2.05) is 18.7 Å². The van der Waals surface area contributed by atoms with E-state index in [0.29, 0.717) is 0 Å². The van der Waals surface area contributed by atoms with Crippen molar-refractivity contribution in [2.24, 2.45) is 5.73 Å². The van der Waals surface area contributed by atoms with Gasteiger partial charge < -0.3 is 5.73 Å². The van der Waals surface area contributed by atoms with E-state index in [1.165, 1.54) is 0 Å². The number of hydrogen-bond acceptors (Lipinski definition) is 2. The normalized spacial score (nSPS) is 12.6. The lowest BCUT2D eigenvalue weighted by molar-refractivity contribution is 0.756. The number of thioether (sulfide) groups is 1. The topological polar surface area (TPSA) is 26.0 Å². The Hall–Kier alpha value is -0.210. The van der Waals surface area contributed by atoms with Gasteiger partial charge in [0.15, 0.2) is 0 Å². The van der Waals surface area contributed by atoms with E-state index in [4.69, 9.17) is 5.73 Å². The van der Waals surface area contributed by atoms with Crippen molar-refractivity contribution in [3.05, 3.63) is 24.3 Å². The summed E-state index contributed by atoms with van der Waals surface area (Å²) >= 11 is 1.81. The largest absolute Gasteiger partial charge is 0.324 e. The maximum absolute atomic E-state index is 5.83. The van der Waals surface area contributed by atoms with Gasteiger partial charge >= 0.3 is 0 Å². The van der Waals surface area contributed by atoms with Gasteiger partial charge in [-0.25, -0.2) is 0 Å². The summed E-state index contributed by atoms with van der Waals surface area (Å²) < 4.78 is 0. The van der Waals surface area contributed by atoms with E-state index in [9.17, 15) is 0 Å².